The average Bonchev–Trinajstić information content (AvgIpc) is 2.37. The summed E-state index contributed by atoms with van der Waals surface area (Å²) in [6.45, 7) is 7.12. The van der Waals surface area contributed by atoms with Gasteiger partial charge in [0.15, 0.2) is 0 Å². The molecule has 1 rings (SSSR count). The Hall–Kier alpha value is -1.49. The highest BCUT2D eigenvalue weighted by Crippen LogP contribution is 2.19. The first-order valence-electron chi connectivity index (χ1n) is 6.50. The van der Waals surface area contributed by atoms with Crippen molar-refractivity contribution < 1.29 is 9.59 Å². The minimum atomic E-state index is -0.570. The van der Waals surface area contributed by atoms with Crippen LogP contribution in [0.2, 0.25) is 0 Å². The maximum Gasteiger partial charge on any atom is 0.246 e. The van der Waals surface area contributed by atoms with E-state index in [0.717, 1.165) is 10.6 Å². The lowest BCUT2D eigenvalue weighted by molar-refractivity contribution is -0.131. The molecular formula is C15H22N2O2S. The van der Waals surface area contributed by atoms with Gasteiger partial charge >= 0.3 is 0 Å². The zero-order valence-electron chi connectivity index (χ0n) is 12.6. The molecule has 2 N–H and O–H groups in total. The number of nitrogens with one attached hydrogen (secondary N) is 2. The van der Waals surface area contributed by atoms with Crippen LogP contribution < -0.4 is 10.6 Å². The summed E-state index contributed by atoms with van der Waals surface area (Å²) in [6.07, 6.45) is 1.98. The molecule has 5 heteroatoms. The smallest absolute Gasteiger partial charge is 0.246 e. The van der Waals surface area contributed by atoms with Crippen molar-refractivity contribution >= 4 is 29.3 Å². The number of hydrogen-bond acceptors (Lipinski definition) is 3. The Labute approximate surface area is 124 Å². The quantitative estimate of drug-likeness (QED) is 0.840. The molecular weight excluding hydrogens is 272 g/mol. The highest BCUT2D eigenvalue weighted by Gasteiger charge is 2.25. The van der Waals surface area contributed by atoms with Crippen molar-refractivity contribution in [1.82, 2.24) is 5.32 Å². The third-order valence-electron chi connectivity index (χ3n) is 2.76. The first-order chi connectivity index (χ1) is 9.24. The number of rotatable bonds is 4. The van der Waals surface area contributed by atoms with Crippen molar-refractivity contribution in [3.05, 3.63) is 24.3 Å². The van der Waals surface area contributed by atoms with Gasteiger partial charge in [0, 0.05) is 16.0 Å². The van der Waals surface area contributed by atoms with E-state index in [1.165, 1.54) is 0 Å². The van der Waals surface area contributed by atoms with E-state index in [1.54, 1.807) is 18.7 Å². The topological polar surface area (TPSA) is 58.2 Å². The second-order valence-electron chi connectivity index (χ2n) is 5.67. The second-order valence-corrected chi connectivity index (χ2v) is 6.55. The molecule has 0 aliphatic heterocycles. The van der Waals surface area contributed by atoms with Gasteiger partial charge in [-0.15, -0.1) is 11.8 Å². The number of carbonyl (C=O) groups is 2. The summed E-state index contributed by atoms with van der Waals surface area (Å²) in [6, 6.07) is 7.03. The molecule has 2 amide bonds. The molecule has 0 radical (unpaired) electrons. The highest BCUT2D eigenvalue weighted by atomic mass is 32.2. The Morgan fingerprint density at radius 3 is 2.45 bits per heavy atom. The lowest BCUT2D eigenvalue weighted by Gasteiger charge is -2.21. The molecule has 1 aromatic carbocycles. The Balaban J connectivity index is 2.64. The molecule has 0 aliphatic rings. The Morgan fingerprint density at radius 1 is 1.25 bits per heavy atom. The Morgan fingerprint density at radius 2 is 1.90 bits per heavy atom. The van der Waals surface area contributed by atoms with E-state index in [9.17, 15) is 9.59 Å². The second kappa shape index (κ2) is 6.79. The lowest BCUT2D eigenvalue weighted by atomic mass is 9.95. The van der Waals surface area contributed by atoms with Crippen LogP contribution in [0.5, 0.6) is 0 Å². The monoisotopic (exact) mass is 294 g/mol. The van der Waals surface area contributed by atoms with Gasteiger partial charge in [-0.1, -0.05) is 26.8 Å². The lowest BCUT2D eigenvalue weighted by Crippen LogP contribution is -2.46. The van der Waals surface area contributed by atoms with Crippen LogP contribution in [0.25, 0.3) is 0 Å². The van der Waals surface area contributed by atoms with Crippen LogP contribution in [0.1, 0.15) is 27.7 Å². The Kier molecular flexibility index (Phi) is 5.62. The van der Waals surface area contributed by atoms with Crippen molar-refractivity contribution in [2.45, 2.75) is 38.6 Å². The first-order valence-corrected chi connectivity index (χ1v) is 7.72. The zero-order chi connectivity index (χ0) is 15.3. The van der Waals surface area contributed by atoms with E-state index in [1.807, 2.05) is 51.3 Å². The molecule has 1 unspecified atom stereocenters. The summed E-state index contributed by atoms with van der Waals surface area (Å²) in [5.74, 6) is -0.362. The Bertz CT molecular complexity index is 495. The summed E-state index contributed by atoms with van der Waals surface area (Å²) >= 11 is 1.61. The van der Waals surface area contributed by atoms with Crippen LogP contribution >= 0.6 is 11.8 Å². The van der Waals surface area contributed by atoms with Crippen molar-refractivity contribution in [2.24, 2.45) is 5.41 Å². The fourth-order valence-corrected chi connectivity index (χ4v) is 1.89. The molecule has 0 aliphatic carbocycles. The summed E-state index contributed by atoms with van der Waals surface area (Å²) < 4.78 is 0. The normalized spacial score (nSPS) is 12.7. The number of hydrogen-bond donors (Lipinski definition) is 2. The van der Waals surface area contributed by atoms with Gasteiger partial charge in [-0.3, -0.25) is 9.59 Å². The van der Waals surface area contributed by atoms with E-state index >= 15 is 0 Å². The summed E-state index contributed by atoms with van der Waals surface area (Å²) in [7, 11) is 0. The third-order valence-corrected chi connectivity index (χ3v) is 3.48. The number of thioether (sulfide) groups is 1. The van der Waals surface area contributed by atoms with Gasteiger partial charge in [0.05, 0.1) is 0 Å². The minimum Gasteiger partial charge on any atom is -0.344 e. The van der Waals surface area contributed by atoms with Gasteiger partial charge in [-0.2, -0.15) is 0 Å². The maximum atomic E-state index is 12.0. The zero-order valence-corrected chi connectivity index (χ0v) is 13.4. The summed E-state index contributed by atoms with van der Waals surface area (Å²) in [5.41, 5.74) is 0.228. The van der Waals surface area contributed by atoms with Gasteiger partial charge in [0.25, 0.3) is 0 Å². The first kappa shape index (κ1) is 16.6. The van der Waals surface area contributed by atoms with Crippen molar-refractivity contribution in [3.63, 3.8) is 0 Å². The van der Waals surface area contributed by atoms with E-state index in [-0.39, 0.29) is 11.8 Å². The molecule has 20 heavy (non-hydrogen) atoms. The predicted octanol–water partition coefficient (Wildman–Crippen LogP) is 2.90. The SMILES string of the molecule is CSc1cccc(NC(=O)C(C)NC(=O)C(C)(C)C)c1. The van der Waals surface area contributed by atoms with Gasteiger partial charge in [0.1, 0.15) is 6.04 Å². The van der Waals surface area contributed by atoms with Crippen LogP contribution in [-0.4, -0.2) is 24.1 Å². The summed E-state index contributed by atoms with van der Waals surface area (Å²) in [4.78, 5) is 25.0. The fraction of sp³-hybridized carbons (Fsp3) is 0.467. The average molecular weight is 294 g/mol. The van der Waals surface area contributed by atoms with Crippen molar-refractivity contribution in [1.29, 1.82) is 0 Å². The van der Waals surface area contributed by atoms with Crippen LogP contribution in [0.15, 0.2) is 29.2 Å². The molecule has 0 fully saturated rings. The molecule has 0 saturated carbocycles. The third kappa shape index (κ3) is 4.89. The van der Waals surface area contributed by atoms with E-state index < -0.39 is 11.5 Å². The maximum absolute atomic E-state index is 12.0. The van der Waals surface area contributed by atoms with E-state index in [0.29, 0.717) is 0 Å². The highest BCUT2D eigenvalue weighted by molar-refractivity contribution is 7.98. The van der Waals surface area contributed by atoms with Crippen LogP contribution in [0.4, 0.5) is 5.69 Å². The molecule has 1 aromatic rings. The number of benzene rings is 1. The van der Waals surface area contributed by atoms with Crippen LogP contribution in [-0.2, 0) is 9.59 Å². The fourth-order valence-electron chi connectivity index (χ4n) is 1.43. The van der Waals surface area contributed by atoms with Gasteiger partial charge in [-0.05, 0) is 31.4 Å². The van der Waals surface area contributed by atoms with Crippen LogP contribution in [0.3, 0.4) is 0 Å². The number of amides is 2. The largest absolute Gasteiger partial charge is 0.344 e. The number of anilines is 1. The number of carbonyl (C=O) groups excluding carboxylic acids is 2. The molecule has 0 bridgehead atoms. The molecule has 0 heterocycles. The van der Waals surface area contributed by atoms with Crippen molar-refractivity contribution in [3.8, 4) is 0 Å². The van der Waals surface area contributed by atoms with Gasteiger partial charge in [-0.25, -0.2) is 0 Å². The van der Waals surface area contributed by atoms with E-state index in [4.69, 9.17) is 0 Å². The standard InChI is InChI=1S/C15H22N2O2S/c1-10(16-14(19)15(2,3)4)13(18)17-11-7-6-8-12(9-11)20-5/h6-10H,1-5H3,(H,16,19)(H,17,18). The van der Waals surface area contributed by atoms with Crippen LogP contribution in [0, 0.1) is 5.41 Å². The minimum absolute atomic E-state index is 0.141. The van der Waals surface area contributed by atoms with Gasteiger partial charge < -0.3 is 10.6 Å². The van der Waals surface area contributed by atoms with E-state index in [2.05, 4.69) is 10.6 Å². The molecule has 110 valence electrons. The van der Waals surface area contributed by atoms with Crippen molar-refractivity contribution in [2.75, 3.05) is 11.6 Å². The summed E-state index contributed by atoms with van der Waals surface area (Å²) in [5, 5.41) is 5.52. The molecule has 1 atom stereocenters. The molecule has 0 aromatic heterocycles. The predicted molar refractivity (Wildman–Crippen MR) is 83.9 cm³/mol. The molecule has 0 saturated heterocycles. The molecule has 0 spiro atoms. The van der Waals surface area contributed by atoms with Gasteiger partial charge in [0.2, 0.25) is 11.8 Å². The molecule has 4 nitrogen and oxygen atoms in total.